The van der Waals surface area contributed by atoms with Crippen LogP contribution in [0, 0.1) is 6.92 Å². The van der Waals surface area contributed by atoms with Gasteiger partial charge in [0.1, 0.15) is 5.15 Å². The quantitative estimate of drug-likeness (QED) is 0.562. The number of alkyl halides is 1. The monoisotopic (exact) mass is 309 g/mol. The SMILES string of the molecule is CC(=Cc1cc2ccc(C)cc2nc1Cl)CBr. The maximum atomic E-state index is 6.19. The van der Waals surface area contributed by atoms with Gasteiger partial charge in [0.25, 0.3) is 0 Å². The van der Waals surface area contributed by atoms with Gasteiger partial charge in [-0.1, -0.05) is 51.3 Å². The number of pyridine rings is 1. The summed E-state index contributed by atoms with van der Waals surface area (Å²) in [7, 11) is 0. The minimum Gasteiger partial charge on any atom is -0.235 e. The lowest BCUT2D eigenvalue weighted by Gasteiger charge is -2.04. The predicted octanol–water partition coefficient (Wildman–Crippen LogP) is 4.99. The highest BCUT2D eigenvalue weighted by Gasteiger charge is 2.03. The second-order valence-corrected chi connectivity index (χ2v) is 5.11. The summed E-state index contributed by atoms with van der Waals surface area (Å²) in [4.78, 5) is 4.43. The fourth-order valence-corrected chi connectivity index (χ4v) is 2.04. The Kier molecular flexibility index (Phi) is 3.85. The van der Waals surface area contributed by atoms with Crippen LogP contribution >= 0.6 is 27.5 Å². The van der Waals surface area contributed by atoms with E-state index in [9.17, 15) is 0 Å². The van der Waals surface area contributed by atoms with Gasteiger partial charge < -0.3 is 0 Å². The van der Waals surface area contributed by atoms with Crippen molar-refractivity contribution in [3.63, 3.8) is 0 Å². The standard InChI is InChI=1S/C14H13BrClN/c1-9-3-4-11-7-12(5-10(2)8-15)14(16)17-13(11)6-9/h3-7H,8H2,1-2H3. The van der Waals surface area contributed by atoms with E-state index in [1.165, 1.54) is 11.1 Å². The number of aryl methyl sites for hydroxylation is 1. The largest absolute Gasteiger partial charge is 0.235 e. The van der Waals surface area contributed by atoms with Crippen LogP contribution in [0.5, 0.6) is 0 Å². The van der Waals surface area contributed by atoms with Crippen molar-refractivity contribution in [3.8, 4) is 0 Å². The zero-order valence-corrected chi connectivity index (χ0v) is 12.1. The zero-order valence-electron chi connectivity index (χ0n) is 9.80. The molecule has 88 valence electrons. The first-order chi connectivity index (χ1) is 8.10. The molecule has 1 heterocycles. The van der Waals surface area contributed by atoms with Crippen molar-refractivity contribution in [2.75, 3.05) is 5.33 Å². The van der Waals surface area contributed by atoms with E-state index in [1.54, 1.807) is 0 Å². The topological polar surface area (TPSA) is 12.9 Å². The molecule has 0 unspecified atom stereocenters. The number of fused-ring (bicyclic) bond motifs is 1. The summed E-state index contributed by atoms with van der Waals surface area (Å²) in [5, 5.41) is 2.52. The highest BCUT2D eigenvalue weighted by molar-refractivity contribution is 9.09. The molecule has 1 aromatic carbocycles. The van der Waals surface area contributed by atoms with Crippen molar-refractivity contribution in [2.24, 2.45) is 0 Å². The molecule has 0 atom stereocenters. The molecule has 1 aromatic heterocycles. The number of halogens is 2. The van der Waals surface area contributed by atoms with E-state index in [0.717, 1.165) is 21.8 Å². The third kappa shape index (κ3) is 2.88. The van der Waals surface area contributed by atoms with Crippen LogP contribution in [-0.2, 0) is 0 Å². The smallest absolute Gasteiger partial charge is 0.136 e. The van der Waals surface area contributed by atoms with Crippen molar-refractivity contribution in [1.82, 2.24) is 4.98 Å². The van der Waals surface area contributed by atoms with E-state index >= 15 is 0 Å². The maximum Gasteiger partial charge on any atom is 0.136 e. The maximum absolute atomic E-state index is 6.19. The second kappa shape index (κ2) is 5.19. The van der Waals surface area contributed by atoms with Crippen LogP contribution < -0.4 is 0 Å². The summed E-state index contributed by atoms with van der Waals surface area (Å²) in [5.74, 6) is 0. The van der Waals surface area contributed by atoms with Gasteiger partial charge in [0, 0.05) is 16.3 Å². The molecule has 0 aliphatic carbocycles. The molecule has 3 heteroatoms. The molecule has 0 N–H and O–H groups in total. The minimum atomic E-state index is 0.559. The van der Waals surface area contributed by atoms with Gasteiger partial charge in [-0.25, -0.2) is 4.98 Å². The molecule has 0 amide bonds. The van der Waals surface area contributed by atoms with Crippen LogP contribution in [0.3, 0.4) is 0 Å². The molecule has 0 saturated heterocycles. The first kappa shape index (κ1) is 12.6. The molecule has 0 saturated carbocycles. The molecule has 17 heavy (non-hydrogen) atoms. The fourth-order valence-electron chi connectivity index (χ4n) is 1.68. The van der Waals surface area contributed by atoms with Crippen LogP contribution in [0.25, 0.3) is 17.0 Å². The van der Waals surface area contributed by atoms with Gasteiger partial charge in [0.05, 0.1) is 5.52 Å². The van der Waals surface area contributed by atoms with Crippen molar-refractivity contribution in [2.45, 2.75) is 13.8 Å². The summed E-state index contributed by atoms with van der Waals surface area (Å²) in [5.41, 5.74) is 4.34. The molecule has 2 aromatic rings. The lowest BCUT2D eigenvalue weighted by molar-refractivity contribution is 1.36. The van der Waals surface area contributed by atoms with Gasteiger partial charge in [-0.05, 0) is 31.5 Å². The Bertz CT molecular complexity index is 590. The second-order valence-electron chi connectivity index (χ2n) is 4.19. The zero-order chi connectivity index (χ0) is 12.4. The van der Waals surface area contributed by atoms with Crippen LogP contribution in [0.15, 0.2) is 29.8 Å². The van der Waals surface area contributed by atoms with Crippen LogP contribution in [0.1, 0.15) is 18.1 Å². The van der Waals surface area contributed by atoms with E-state index in [0.29, 0.717) is 5.15 Å². The molecule has 0 radical (unpaired) electrons. The van der Waals surface area contributed by atoms with E-state index in [4.69, 9.17) is 11.6 Å². The van der Waals surface area contributed by atoms with Gasteiger partial charge in [-0.2, -0.15) is 0 Å². The van der Waals surface area contributed by atoms with E-state index in [2.05, 4.69) is 59.0 Å². The predicted molar refractivity (Wildman–Crippen MR) is 78.9 cm³/mol. The summed E-state index contributed by atoms with van der Waals surface area (Å²) < 4.78 is 0. The molecule has 0 fully saturated rings. The summed E-state index contributed by atoms with van der Waals surface area (Å²) in [6.45, 7) is 4.11. The number of rotatable bonds is 2. The Morgan fingerprint density at radius 3 is 2.88 bits per heavy atom. The van der Waals surface area contributed by atoms with Crippen molar-refractivity contribution < 1.29 is 0 Å². The highest BCUT2D eigenvalue weighted by Crippen LogP contribution is 2.23. The number of nitrogens with zero attached hydrogens (tertiary/aromatic N) is 1. The van der Waals surface area contributed by atoms with Crippen molar-refractivity contribution >= 4 is 44.5 Å². The number of allylic oxidation sites excluding steroid dienone is 1. The van der Waals surface area contributed by atoms with Gasteiger partial charge in [-0.15, -0.1) is 0 Å². The molecule has 1 nitrogen and oxygen atoms in total. The van der Waals surface area contributed by atoms with E-state index in [1.807, 2.05) is 6.07 Å². The Labute approximate surface area is 115 Å². The highest BCUT2D eigenvalue weighted by atomic mass is 79.9. The Morgan fingerprint density at radius 2 is 2.18 bits per heavy atom. The summed E-state index contributed by atoms with van der Waals surface area (Å²) >= 11 is 9.61. The molecular formula is C14H13BrClN. The fraction of sp³-hybridized carbons (Fsp3) is 0.214. The van der Waals surface area contributed by atoms with E-state index < -0.39 is 0 Å². The Balaban J connectivity index is 2.60. The molecule has 0 aliphatic heterocycles. The van der Waals surface area contributed by atoms with Gasteiger partial charge in [0.2, 0.25) is 0 Å². The summed E-state index contributed by atoms with van der Waals surface area (Å²) in [6, 6.07) is 8.29. The first-order valence-corrected chi connectivity index (χ1v) is 6.90. The molecule has 0 bridgehead atoms. The number of hydrogen-bond donors (Lipinski definition) is 0. The number of benzene rings is 1. The molecule has 2 rings (SSSR count). The van der Waals surface area contributed by atoms with Crippen LogP contribution in [-0.4, -0.2) is 10.3 Å². The van der Waals surface area contributed by atoms with Crippen molar-refractivity contribution in [3.05, 3.63) is 46.1 Å². The third-order valence-corrected chi connectivity index (χ3v) is 3.75. The van der Waals surface area contributed by atoms with Gasteiger partial charge >= 0.3 is 0 Å². The number of hydrogen-bond acceptors (Lipinski definition) is 1. The average molecular weight is 311 g/mol. The Hall–Kier alpha value is -0.860. The normalized spacial score (nSPS) is 12.1. The summed E-state index contributed by atoms with van der Waals surface area (Å²) in [6.07, 6.45) is 2.06. The average Bonchev–Trinajstić information content (AvgIpc) is 2.30. The first-order valence-electron chi connectivity index (χ1n) is 5.40. The van der Waals surface area contributed by atoms with Crippen LogP contribution in [0.2, 0.25) is 5.15 Å². The lowest BCUT2D eigenvalue weighted by Crippen LogP contribution is -1.87. The Morgan fingerprint density at radius 1 is 1.41 bits per heavy atom. The van der Waals surface area contributed by atoms with Gasteiger partial charge in [0.15, 0.2) is 0 Å². The minimum absolute atomic E-state index is 0.559. The van der Waals surface area contributed by atoms with Crippen molar-refractivity contribution in [1.29, 1.82) is 0 Å². The lowest BCUT2D eigenvalue weighted by atomic mass is 10.1. The van der Waals surface area contributed by atoms with Gasteiger partial charge in [-0.3, -0.25) is 0 Å². The third-order valence-electron chi connectivity index (χ3n) is 2.57. The van der Waals surface area contributed by atoms with Crippen LogP contribution in [0.4, 0.5) is 0 Å². The molecule has 0 spiro atoms. The number of aromatic nitrogens is 1. The molecule has 0 aliphatic rings. The molecular weight excluding hydrogens is 298 g/mol. The van der Waals surface area contributed by atoms with E-state index in [-0.39, 0.29) is 0 Å².